The molecule has 0 radical (unpaired) electrons. The van der Waals surface area contributed by atoms with Crippen LogP contribution >= 0.6 is 0 Å². The Morgan fingerprint density at radius 1 is 1.14 bits per heavy atom. The van der Waals surface area contributed by atoms with Crippen molar-refractivity contribution in [3.05, 3.63) is 29.3 Å². The van der Waals surface area contributed by atoms with E-state index >= 15 is 0 Å². The largest absolute Gasteiger partial charge is 0.493 e. The van der Waals surface area contributed by atoms with Crippen molar-refractivity contribution >= 4 is 5.69 Å². The number of fused-ring (bicyclic) bond motifs is 2. The monoisotopic (exact) mass is 394 g/mol. The summed E-state index contributed by atoms with van der Waals surface area (Å²) in [5.41, 5.74) is 4.75. The topological polar surface area (TPSA) is 34.2 Å². The predicted octanol–water partition coefficient (Wildman–Crippen LogP) is 2.97. The van der Waals surface area contributed by atoms with Crippen LogP contribution in [0.3, 0.4) is 0 Å². The number of ether oxygens (including phenoxy) is 3. The van der Waals surface area contributed by atoms with E-state index < -0.39 is 0 Å². The molecule has 1 spiro atoms. The summed E-state index contributed by atoms with van der Waals surface area (Å²) in [6.45, 7) is 5.55. The second kappa shape index (κ2) is 5.50. The molecule has 1 aliphatic carbocycles. The quantitative estimate of drug-likeness (QED) is 0.721. The van der Waals surface area contributed by atoms with Crippen molar-refractivity contribution in [1.29, 1.82) is 0 Å². The van der Waals surface area contributed by atoms with Gasteiger partial charge in [-0.3, -0.25) is 4.90 Å². The van der Waals surface area contributed by atoms with Crippen LogP contribution in [0.4, 0.5) is 5.69 Å². The maximum atomic E-state index is 6.51. The summed E-state index contributed by atoms with van der Waals surface area (Å²) < 4.78 is 18.0. The highest BCUT2D eigenvalue weighted by molar-refractivity contribution is 5.73. The van der Waals surface area contributed by atoms with Gasteiger partial charge >= 0.3 is 0 Å². The van der Waals surface area contributed by atoms with Gasteiger partial charge in [-0.05, 0) is 50.3 Å². The molecule has 5 nitrogen and oxygen atoms in total. The number of nitrogens with zero attached hydrogens (tertiary/aromatic N) is 2. The SMILES string of the molecule is COc1cc2c(cc1OC)C13CCN4CC5=CCOC6CC(C)N2C1C6C5CC43. The minimum Gasteiger partial charge on any atom is -0.493 e. The van der Waals surface area contributed by atoms with E-state index in [1.807, 2.05) is 0 Å². The molecular weight excluding hydrogens is 364 g/mol. The van der Waals surface area contributed by atoms with Crippen LogP contribution in [0.2, 0.25) is 0 Å². The van der Waals surface area contributed by atoms with Crippen molar-refractivity contribution in [2.24, 2.45) is 11.8 Å². The minimum atomic E-state index is 0.197. The first-order valence-electron chi connectivity index (χ1n) is 11.3. The van der Waals surface area contributed by atoms with Gasteiger partial charge in [0.25, 0.3) is 0 Å². The maximum Gasteiger partial charge on any atom is 0.162 e. The zero-order valence-corrected chi connectivity index (χ0v) is 17.6. The molecule has 6 aliphatic rings. The molecule has 7 rings (SSSR count). The molecule has 154 valence electrons. The maximum absolute atomic E-state index is 6.51. The number of hydrogen-bond donors (Lipinski definition) is 0. The summed E-state index contributed by atoms with van der Waals surface area (Å²) in [4.78, 5) is 5.56. The standard InChI is InChI=1S/C24H30N2O3/c1-13-8-20-22-15-9-21-24(5-6-25(21)12-14(15)4-7-29-20)16-10-18(27-2)19(28-3)11-17(16)26(13)23(22)24/h4,10-11,13,15,20-23H,5-9,12H2,1-3H3. The molecule has 1 aromatic carbocycles. The predicted molar refractivity (Wildman–Crippen MR) is 111 cm³/mol. The van der Waals surface area contributed by atoms with Gasteiger partial charge < -0.3 is 19.1 Å². The molecule has 5 heterocycles. The summed E-state index contributed by atoms with van der Waals surface area (Å²) in [5.74, 6) is 3.01. The molecule has 0 aromatic heterocycles. The van der Waals surface area contributed by atoms with Crippen LogP contribution in [0.1, 0.15) is 31.7 Å². The van der Waals surface area contributed by atoms with Crippen LogP contribution < -0.4 is 14.4 Å². The van der Waals surface area contributed by atoms with E-state index in [9.17, 15) is 0 Å². The molecule has 3 saturated heterocycles. The summed E-state index contributed by atoms with van der Waals surface area (Å²) in [5, 5.41) is 0. The molecule has 2 bridgehead atoms. The molecule has 7 atom stereocenters. The second-order valence-corrected chi connectivity index (χ2v) is 10.0. The smallest absolute Gasteiger partial charge is 0.162 e. The highest BCUT2D eigenvalue weighted by Gasteiger charge is 2.70. The Labute approximate surface area is 172 Å². The summed E-state index contributed by atoms with van der Waals surface area (Å²) in [6.07, 6.45) is 6.47. The minimum absolute atomic E-state index is 0.197. The number of anilines is 1. The Morgan fingerprint density at radius 2 is 1.97 bits per heavy atom. The van der Waals surface area contributed by atoms with Crippen molar-refractivity contribution in [2.45, 2.75) is 55.8 Å². The molecular formula is C24H30N2O3. The lowest BCUT2D eigenvalue weighted by Crippen LogP contribution is -2.69. The van der Waals surface area contributed by atoms with Gasteiger partial charge in [0.2, 0.25) is 0 Å². The number of hydrogen-bond acceptors (Lipinski definition) is 5. The first-order chi connectivity index (χ1) is 14.2. The van der Waals surface area contributed by atoms with Crippen molar-refractivity contribution in [3.8, 4) is 11.5 Å². The van der Waals surface area contributed by atoms with Crippen LogP contribution in [0.25, 0.3) is 0 Å². The molecule has 0 amide bonds. The second-order valence-electron chi connectivity index (χ2n) is 10.0. The molecule has 29 heavy (non-hydrogen) atoms. The summed E-state index contributed by atoms with van der Waals surface area (Å²) >= 11 is 0. The Morgan fingerprint density at radius 3 is 2.79 bits per heavy atom. The summed E-state index contributed by atoms with van der Waals surface area (Å²) in [6, 6.07) is 6.22. The van der Waals surface area contributed by atoms with Gasteiger partial charge in [-0.25, -0.2) is 0 Å². The van der Waals surface area contributed by atoms with Gasteiger partial charge in [-0.15, -0.1) is 0 Å². The van der Waals surface area contributed by atoms with E-state index in [4.69, 9.17) is 14.2 Å². The van der Waals surface area contributed by atoms with Gasteiger partial charge in [-0.1, -0.05) is 11.6 Å². The molecule has 1 saturated carbocycles. The van der Waals surface area contributed by atoms with Crippen LogP contribution in [-0.4, -0.2) is 63.0 Å². The van der Waals surface area contributed by atoms with E-state index in [1.165, 1.54) is 30.6 Å². The Kier molecular flexibility index (Phi) is 3.22. The lowest BCUT2D eigenvalue weighted by Gasteiger charge is -2.60. The van der Waals surface area contributed by atoms with Crippen molar-refractivity contribution < 1.29 is 14.2 Å². The Bertz CT molecular complexity index is 929. The zero-order valence-electron chi connectivity index (χ0n) is 17.6. The highest BCUT2D eigenvalue weighted by Crippen LogP contribution is 2.67. The fourth-order valence-corrected chi connectivity index (χ4v) is 8.35. The van der Waals surface area contributed by atoms with E-state index in [1.54, 1.807) is 19.8 Å². The van der Waals surface area contributed by atoms with Crippen molar-refractivity contribution in [2.75, 3.05) is 38.8 Å². The number of methoxy groups -OCH3 is 2. The number of rotatable bonds is 2. The number of benzene rings is 1. The lowest BCUT2D eigenvalue weighted by atomic mass is 9.53. The van der Waals surface area contributed by atoms with Crippen LogP contribution in [0, 0.1) is 11.8 Å². The lowest BCUT2D eigenvalue weighted by molar-refractivity contribution is -0.0641. The third-order valence-corrected chi connectivity index (χ3v) is 9.26. The summed E-state index contributed by atoms with van der Waals surface area (Å²) in [7, 11) is 3.51. The van der Waals surface area contributed by atoms with Crippen LogP contribution in [0.15, 0.2) is 23.8 Å². The number of piperidine rings is 2. The van der Waals surface area contributed by atoms with Gasteiger partial charge in [-0.2, -0.15) is 0 Å². The third-order valence-electron chi connectivity index (χ3n) is 9.26. The molecule has 1 aromatic rings. The Balaban J connectivity index is 1.51. The van der Waals surface area contributed by atoms with Gasteiger partial charge in [0.05, 0.1) is 26.9 Å². The first-order valence-corrected chi connectivity index (χ1v) is 11.3. The average molecular weight is 395 g/mol. The normalized spacial score (nSPS) is 43.6. The zero-order chi connectivity index (χ0) is 19.5. The fraction of sp³-hybridized carbons (Fsp3) is 0.667. The highest BCUT2D eigenvalue weighted by atomic mass is 16.5. The fourth-order valence-electron chi connectivity index (χ4n) is 8.35. The van der Waals surface area contributed by atoms with Crippen LogP contribution in [-0.2, 0) is 10.2 Å². The molecule has 7 unspecified atom stereocenters. The average Bonchev–Trinajstić information content (AvgIpc) is 3.20. The molecule has 4 fully saturated rings. The van der Waals surface area contributed by atoms with Gasteiger partial charge in [0.15, 0.2) is 11.5 Å². The first kappa shape index (κ1) is 17.0. The van der Waals surface area contributed by atoms with E-state index in [0.29, 0.717) is 36.1 Å². The van der Waals surface area contributed by atoms with E-state index in [2.05, 4.69) is 34.9 Å². The van der Waals surface area contributed by atoms with Crippen molar-refractivity contribution in [3.63, 3.8) is 0 Å². The molecule has 0 N–H and O–H groups in total. The van der Waals surface area contributed by atoms with Gasteiger partial charge in [0.1, 0.15) is 0 Å². The Hall–Kier alpha value is -1.72. The third kappa shape index (κ3) is 1.82. The van der Waals surface area contributed by atoms with E-state index in [0.717, 1.165) is 31.1 Å². The van der Waals surface area contributed by atoms with Crippen molar-refractivity contribution in [1.82, 2.24) is 4.90 Å². The molecule has 5 aliphatic heterocycles. The van der Waals surface area contributed by atoms with Gasteiger partial charge in [0, 0.05) is 47.8 Å². The molecule has 5 heteroatoms. The van der Waals surface area contributed by atoms with Crippen LogP contribution in [0.5, 0.6) is 11.5 Å². The van der Waals surface area contributed by atoms with E-state index in [-0.39, 0.29) is 5.41 Å².